The highest BCUT2D eigenvalue weighted by molar-refractivity contribution is 5.51. The molecule has 0 bridgehead atoms. The van der Waals surface area contributed by atoms with Gasteiger partial charge in [0.05, 0.1) is 23.7 Å². The normalized spacial score (nSPS) is 24.8. The summed E-state index contributed by atoms with van der Waals surface area (Å²) >= 11 is 0. The van der Waals surface area contributed by atoms with Gasteiger partial charge in [0, 0.05) is 26.7 Å². The van der Waals surface area contributed by atoms with Gasteiger partial charge in [-0.05, 0) is 25.7 Å². The predicted molar refractivity (Wildman–Crippen MR) is 62.8 cm³/mol. The molecule has 1 aromatic heterocycles. The molecule has 0 aliphatic carbocycles. The van der Waals surface area contributed by atoms with Crippen LogP contribution in [0.4, 0.5) is 5.69 Å². The molecule has 3 heterocycles. The number of anilines is 1. The van der Waals surface area contributed by atoms with Gasteiger partial charge >= 0.3 is 0 Å². The zero-order valence-corrected chi connectivity index (χ0v) is 9.85. The minimum absolute atomic E-state index is 0.402. The third-order valence-corrected chi connectivity index (χ3v) is 3.78. The highest BCUT2D eigenvalue weighted by atomic mass is 16.5. The van der Waals surface area contributed by atoms with Crippen molar-refractivity contribution in [2.45, 2.75) is 38.3 Å². The Morgan fingerprint density at radius 2 is 2.31 bits per heavy atom. The molecular formula is C12H19N3O. The molecule has 4 heteroatoms. The van der Waals surface area contributed by atoms with E-state index in [4.69, 9.17) is 4.74 Å². The fourth-order valence-corrected chi connectivity index (χ4v) is 2.81. The van der Waals surface area contributed by atoms with Crippen LogP contribution in [0, 0.1) is 0 Å². The Labute approximate surface area is 96.2 Å². The second kappa shape index (κ2) is 4.09. The molecule has 1 saturated heterocycles. The lowest BCUT2D eigenvalue weighted by molar-refractivity contribution is 0.121. The summed E-state index contributed by atoms with van der Waals surface area (Å²) in [5, 5.41) is 4.49. The lowest BCUT2D eigenvalue weighted by atomic mass is 10.1. The summed E-state index contributed by atoms with van der Waals surface area (Å²) in [4.78, 5) is 2.43. The fourth-order valence-electron chi connectivity index (χ4n) is 2.81. The minimum Gasteiger partial charge on any atom is -0.380 e. The molecule has 1 unspecified atom stereocenters. The molecule has 1 atom stereocenters. The van der Waals surface area contributed by atoms with E-state index in [1.165, 1.54) is 30.6 Å². The van der Waals surface area contributed by atoms with Crippen LogP contribution in [0.5, 0.6) is 0 Å². The zero-order valence-electron chi connectivity index (χ0n) is 9.85. The third-order valence-electron chi connectivity index (χ3n) is 3.78. The fraction of sp³-hybridized carbons (Fsp3) is 0.750. The van der Waals surface area contributed by atoms with E-state index in [2.05, 4.69) is 14.7 Å². The highest BCUT2D eigenvalue weighted by Crippen LogP contribution is 2.28. The molecule has 0 spiro atoms. The Bertz CT molecular complexity index is 374. The number of aryl methyl sites for hydroxylation is 1. The molecule has 1 aromatic rings. The molecule has 2 aliphatic heterocycles. The monoisotopic (exact) mass is 221 g/mol. The van der Waals surface area contributed by atoms with E-state index >= 15 is 0 Å². The third kappa shape index (κ3) is 1.61. The van der Waals surface area contributed by atoms with E-state index in [1.54, 1.807) is 0 Å². The van der Waals surface area contributed by atoms with Gasteiger partial charge in [-0.3, -0.25) is 4.68 Å². The summed E-state index contributed by atoms with van der Waals surface area (Å²) < 4.78 is 7.59. The number of fused-ring (bicyclic) bond motifs is 1. The molecule has 0 N–H and O–H groups in total. The van der Waals surface area contributed by atoms with Crippen molar-refractivity contribution in [2.24, 2.45) is 0 Å². The lowest BCUT2D eigenvalue weighted by Crippen LogP contribution is -2.23. The van der Waals surface area contributed by atoms with E-state index in [9.17, 15) is 0 Å². The SMILES string of the molecule is COC1CCN(c2cnn3c2CCCC3)C1. The maximum atomic E-state index is 5.41. The van der Waals surface area contributed by atoms with Crippen LogP contribution in [0.1, 0.15) is 25.0 Å². The van der Waals surface area contributed by atoms with Gasteiger partial charge in [0.15, 0.2) is 0 Å². The van der Waals surface area contributed by atoms with Gasteiger partial charge in [-0.1, -0.05) is 0 Å². The molecule has 0 saturated carbocycles. The number of methoxy groups -OCH3 is 1. The van der Waals surface area contributed by atoms with Crippen LogP contribution < -0.4 is 4.90 Å². The zero-order chi connectivity index (χ0) is 11.0. The van der Waals surface area contributed by atoms with Crippen LogP contribution in [-0.2, 0) is 17.7 Å². The number of rotatable bonds is 2. The molecule has 0 aromatic carbocycles. The first-order valence-electron chi connectivity index (χ1n) is 6.21. The van der Waals surface area contributed by atoms with Crippen LogP contribution in [0.2, 0.25) is 0 Å². The first-order chi connectivity index (χ1) is 7.88. The second-order valence-corrected chi connectivity index (χ2v) is 4.75. The second-order valence-electron chi connectivity index (χ2n) is 4.75. The van der Waals surface area contributed by atoms with Crippen LogP contribution in [0.3, 0.4) is 0 Å². The first-order valence-corrected chi connectivity index (χ1v) is 6.21. The Hall–Kier alpha value is -1.03. The molecular weight excluding hydrogens is 202 g/mol. The van der Waals surface area contributed by atoms with Gasteiger partial charge in [-0.25, -0.2) is 0 Å². The quantitative estimate of drug-likeness (QED) is 0.757. The summed E-state index contributed by atoms with van der Waals surface area (Å²) in [6.07, 6.45) is 7.34. The Balaban J connectivity index is 1.82. The number of nitrogens with zero attached hydrogens (tertiary/aromatic N) is 3. The van der Waals surface area contributed by atoms with Gasteiger partial charge in [0.25, 0.3) is 0 Å². The molecule has 0 amide bonds. The first kappa shape index (κ1) is 10.1. The van der Waals surface area contributed by atoms with E-state index < -0.39 is 0 Å². The number of ether oxygens (including phenoxy) is 1. The van der Waals surface area contributed by atoms with E-state index in [1.807, 2.05) is 13.3 Å². The largest absolute Gasteiger partial charge is 0.380 e. The van der Waals surface area contributed by atoms with Crippen LogP contribution in [0.15, 0.2) is 6.20 Å². The minimum atomic E-state index is 0.402. The van der Waals surface area contributed by atoms with Crippen LogP contribution >= 0.6 is 0 Å². The van der Waals surface area contributed by atoms with Crippen LogP contribution in [-0.4, -0.2) is 36.1 Å². The molecule has 88 valence electrons. The van der Waals surface area contributed by atoms with Gasteiger partial charge in [0.1, 0.15) is 0 Å². The molecule has 0 radical (unpaired) electrons. The van der Waals surface area contributed by atoms with Crippen LogP contribution in [0.25, 0.3) is 0 Å². The van der Waals surface area contributed by atoms with Crippen molar-refractivity contribution >= 4 is 5.69 Å². The average Bonchev–Trinajstić information content (AvgIpc) is 2.94. The highest BCUT2D eigenvalue weighted by Gasteiger charge is 2.26. The molecule has 3 rings (SSSR count). The summed E-state index contributed by atoms with van der Waals surface area (Å²) in [5.74, 6) is 0. The van der Waals surface area contributed by atoms with Crippen molar-refractivity contribution in [3.05, 3.63) is 11.9 Å². The number of hydrogen-bond donors (Lipinski definition) is 0. The van der Waals surface area contributed by atoms with Crippen molar-refractivity contribution < 1.29 is 4.74 Å². The maximum absolute atomic E-state index is 5.41. The Morgan fingerprint density at radius 3 is 3.12 bits per heavy atom. The summed E-state index contributed by atoms with van der Waals surface area (Å²) in [7, 11) is 1.81. The summed E-state index contributed by atoms with van der Waals surface area (Å²) in [6, 6.07) is 0. The Kier molecular flexibility index (Phi) is 2.59. The smallest absolute Gasteiger partial charge is 0.0786 e. The Morgan fingerprint density at radius 1 is 1.38 bits per heavy atom. The van der Waals surface area contributed by atoms with E-state index in [0.717, 1.165) is 26.1 Å². The van der Waals surface area contributed by atoms with Gasteiger partial charge < -0.3 is 9.64 Å². The van der Waals surface area contributed by atoms with Gasteiger partial charge in [-0.2, -0.15) is 5.10 Å². The van der Waals surface area contributed by atoms with Crippen molar-refractivity contribution in [3.8, 4) is 0 Å². The molecule has 2 aliphatic rings. The van der Waals surface area contributed by atoms with Gasteiger partial charge in [0.2, 0.25) is 0 Å². The molecule has 4 nitrogen and oxygen atoms in total. The summed E-state index contributed by atoms with van der Waals surface area (Å²) in [6.45, 7) is 3.23. The summed E-state index contributed by atoms with van der Waals surface area (Å²) in [5.41, 5.74) is 2.78. The lowest BCUT2D eigenvalue weighted by Gasteiger charge is -2.21. The predicted octanol–water partition coefficient (Wildman–Crippen LogP) is 1.44. The number of aromatic nitrogens is 2. The van der Waals surface area contributed by atoms with Crippen molar-refractivity contribution in [1.29, 1.82) is 0 Å². The van der Waals surface area contributed by atoms with Gasteiger partial charge in [-0.15, -0.1) is 0 Å². The van der Waals surface area contributed by atoms with Crippen molar-refractivity contribution in [1.82, 2.24) is 9.78 Å². The van der Waals surface area contributed by atoms with Crippen molar-refractivity contribution in [2.75, 3.05) is 25.1 Å². The van der Waals surface area contributed by atoms with E-state index in [-0.39, 0.29) is 0 Å². The average molecular weight is 221 g/mol. The molecule has 16 heavy (non-hydrogen) atoms. The van der Waals surface area contributed by atoms with Crippen molar-refractivity contribution in [3.63, 3.8) is 0 Å². The standard InChI is InChI=1S/C12H19N3O/c1-16-10-5-7-14(9-10)12-8-13-15-6-3-2-4-11(12)15/h8,10H,2-7,9H2,1H3. The maximum Gasteiger partial charge on any atom is 0.0786 e. The number of hydrogen-bond acceptors (Lipinski definition) is 3. The molecule has 1 fully saturated rings. The topological polar surface area (TPSA) is 30.3 Å². The van der Waals surface area contributed by atoms with E-state index in [0.29, 0.717) is 6.10 Å².